The maximum atomic E-state index is 5.69. The van der Waals surface area contributed by atoms with Gasteiger partial charge in [-0.2, -0.15) is 0 Å². The lowest BCUT2D eigenvalue weighted by atomic mass is 9.87. The second kappa shape index (κ2) is 4.22. The van der Waals surface area contributed by atoms with Gasteiger partial charge in [0.25, 0.3) is 0 Å². The Hall–Kier alpha value is -1.58. The number of nitrogens with zero attached hydrogens (tertiary/aromatic N) is 1. The maximum Gasteiger partial charge on any atom is 0.163 e. The molecule has 1 N–H and O–H groups in total. The Morgan fingerprint density at radius 3 is 2.68 bits per heavy atom. The van der Waals surface area contributed by atoms with Crippen molar-refractivity contribution >= 4 is 11.4 Å². The summed E-state index contributed by atoms with van der Waals surface area (Å²) in [5.74, 6) is 1.76. The van der Waals surface area contributed by atoms with Crippen molar-refractivity contribution in [3.63, 3.8) is 0 Å². The minimum Gasteiger partial charge on any atom is -0.486 e. The van der Waals surface area contributed by atoms with Crippen molar-refractivity contribution < 1.29 is 9.47 Å². The van der Waals surface area contributed by atoms with Crippen molar-refractivity contribution in [3.05, 3.63) is 12.1 Å². The average molecular weight is 260 g/mol. The molecule has 1 saturated carbocycles. The van der Waals surface area contributed by atoms with Crippen LogP contribution in [0.5, 0.6) is 11.5 Å². The SMILES string of the molecule is CN1c2cc3c(cc2NC2CCCCC21)OCCO3. The Morgan fingerprint density at radius 1 is 1.11 bits per heavy atom. The molecule has 0 saturated heterocycles. The molecule has 19 heavy (non-hydrogen) atoms. The molecule has 102 valence electrons. The highest BCUT2D eigenvalue weighted by atomic mass is 16.6. The number of rotatable bonds is 0. The van der Waals surface area contributed by atoms with Crippen LogP contribution in [0.4, 0.5) is 11.4 Å². The molecule has 1 fully saturated rings. The molecule has 0 spiro atoms. The molecule has 1 aliphatic carbocycles. The summed E-state index contributed by atoms with van der Waals surface area (Å²) in [6.45, 7) is 1.29. The molecule has 4 nitrogen and oxygen atoms in total. The summed E-state index contributed by atoms with van der Waals surface area (Å²) in [5.41, 5.74) is 2.43. The first kappa shape index (κ1) is 11.3. The average Bonchev–Trinajstić information content (AvgIpc) is 2.46. The third kappa shape index (κ3) is 1.73. The molecule has 2 heterocycles. The number of nitrogens with one attached hydrogen (secondary N) is 1. The lowest BCUT2D eigenvalue weighted by Crippen LogP contribution is -2.50. The number of benzene rings is 1. The van der Waals surface area contributed by atoms with Gasteiger partial charge in [-0.05, 0) is 12.8 Å². The number of anilines is 2. The van der Waals surface area contributed by atoms with Gasteiger partial charge < -0.3 is 19.7 Å². The summed E-state index contributed by atoms with van der Waals surface area (Å²) in [6.07, 6.45) is 5.22. The van der Waals surface area contributed by atoms with Gasteiger partial charge in [0.05, 0.1) is 11.4 Å². The molecule has 0 bridgehead atoms. The zero-order valence-corrected chi connectivity index (χ0v) is 11.3. The van der Waals surface area contributed by atoms with E-state index in [1.54, 1.807) is 0 Å². The fraction of sp³-hybridized carbons (Fsp3) is 0.600. The Morgan fingerprint density at radius 2 is 1.84 bits per heavy atom. The largest absolute Gasteiger partial charge is 0.486 e. The van der Waals surface area contributed by atoms with E-state index in [1.807, 2.05) is 0 Å². The standard InChI is InChI=1S/C15H20N2O2/c1-17-12-5-3-2-4-10(12)16-11-8-14-15(9-13(11)17)19-7-6-18-14/h8-10,12,16H,2-7H2,1H3. The van der Waals surface area contributed by atoms with Crippen LogP contribution in [0, 0.1) is 0 Å². The van der Waals surface area contributed by atoms with Gasteiger partial charge in [-0.15, -0.1) is 0 Å². The molecule has 2 atom stereocenters. The molecule has 2 aliphatic heterocycles. The zero-order chi connectivity index (χ0) is 12.8. The first-order valence-electron chi connectivity index (χ1n) is 7.26. The van der Waals surface area contributed by atoms with Crippen molar-refractivity contribution in [2.75, 3.05) is 30.5 Å². The van der Waals surface area contributed by atoms with Crippen LogP contribution in [0.2, 0.25) is 0 Å². The molecule has 4 heteroatoms. The normalized spacial score (nSPS) is 28.2. The summed E-state index contributed by atoms with van der Waals surface area (Å²) in [6, 6.07) is 5.42. The Bertz CT molecular complexity index is 503. The van der Waals surface area contributed by atoms with Gasteiger partial charge in [0, 0.05) is 31.3 Å². The monoisotopic (exact) mass is 260 g/mol. The van der Waals surface area contributed by atoms with E-state index in [2.05, 4.69) is 29.4 Å². The second-order valence-electron chi connectivity index (χ2n) is 5.73. The van der Waals surface area contributed by atoms with Crippen LogP contribution in [0.1, 0.15) is 25.7 Å². The minimum absolute atomic E-state index is 0.578. The predicted molar refractivity (Wildman–Crippen MR) is 75.5 cm³/mol. The molecule has 3 aliphatic rings. The number of hydrogen-bond acceptors (Lipinski definition) is 4. The summed E-state index contributed by atoms with van der Waals surface area (Å²) in [5, 5.41) is 3.70. The highest BCUT2D eigenvalue weighted by molar-refractivity contribution is 5.78. The van der Waals surface area contributed by atoms with E-state index in [0.717, 1.165) is 11.5 Å². The van der Waals surface area contributed by atoms with Gasteiger partial charge in [-0.25, -0.2) is 0 Å². The fourth-order valence-corrected chi connectivity index (χ4v) is 3.61. The molecule has 1 aromatic rings. The van der Waals surface area contributed by atoms with Gasteiger partial charge in [0.2, 0.25) is 0 Å². The molecular weight excluding hydrogens is 240 g/mol. The van der Waals surface area contributed by atoms with E-state index in [4.69, 9.17) is 9.47 Å². The summed E-state index contributed by atoms with van der Waals surface area (Å²) < 4.78 is 11.4. The van der Waals surface area contributed by atoms with Gasteiger partial charge in [-0.1, -0.05) is 12.8 Å². The van der Waals surface area contributed by atoms with Crippen molar-refractivity contribution in [3.8, 4) is 11.5 Å². The summed E-state index contributed by atoms with van der Waals surface area (Å²) in [7, 11) is 2.21. The first-order valence-corrected chi connectivity index (χ1v) is 7.26. The van der Waals surface area contributed by atoms with E-state index in [9.17, 15) is 0 Å². The predicted octanol–water partition coefficient (Wildman–Crippen LogP) is 2.63. The maximum absolute atomic E-state index is 5.69. The lowest BCUT2D eigenvalue weighted by molar-refractivity contribution is 0.171. The highest BCUT2D eigenvalue weighted by Crippen LogP contribution is 2.44. The molecule has 0 amide bonds. The number of fused-ring (bicyclic) bond motifs is 3. The van der Waals surface area contributed by atoms with Crippen LogP contribution in [0.3, 0.4) is 0 Å². The first-order chi connectivity index (χ1) is 9.33. The van der Waals surface area contributed by atoms with Crippen LogP contribution in [0.25, 0.3) is 0 Å². The summed E-state index contributed by atoms with van der Waals surface area (Å²) in [4.78, 5) is 2.42. The minimum atomic E-state index is 0.578. The molecular formula is C15H20N2O2. The van der Waals surface area contributed by atoms with Crippen molar-refractivity contribution in [2.45, 2.75) is 37.8 Å². The summed E-state index contributed by atoms with van der Waals surface area (Å²) >= 11 is 0. The van der Waals surface area contributed by atoms with E-state index in [-0.39, 0.29) is 0 Å². The van der Waals surface area contributed by atoms with E-state index in [0.29, 0.717) is 25.3 Å². The van der Waals surface area contributed by atoms with Crippen molar-refractivity contribution in [1.29, 1.82) is 0 Å². The smallest absolute Gasteiger partial charge is 0.163 e. The highest BCUT2D eigenvalue weighted by Gasteiger charge is 2.34. The van der Waals surface area contributed by atoms with Crippen LogP contribution in [-0.2, 0) is 0 Å². The van der Waals surface area contributed by atoms with Crippen LogP contribution in [-0.4, -0.2) is 32.3 Å². The van der Waals surface area contributed by atoms with E-state index < -0.39 is 0 Å². The zero-order valence-electron chi connectivity index (χ0n) is 11.3. The molecule has 0 aromatic heterocycles. The third-order valence-electron chi connectivity index (χ3n) is 4.61. The Balaban J connectivity index is 1.75. The second-order valence-corrected chi connectivity index (χ2v) is 5.73. The van der Waals surface area contributed by atoms with E-state index >= 15 is 0 Å². The molecule has 4 rings (SSSR count). The fourth-order valence-electron chi connectivity index (χ4n) is 3.61. The quantitative estimate of drug-likeness (QED) is 0.777. The number of ether oxygens (including phenoxy) is 2. The third-order valence-corrected chi connectivity index (χ3v) is 4.61. The number of likely N-dealkylation sites (N-methyl/N-ethyl adjacent to an activating group) is 1. The molecule has 1 aromatic carbocycles. The van der Waals surface area contributed by atoms with E-state index in [1.165, 1.54) is 37.1 Å². The van der Waals surface area contributed by atoms with Gasteiger partial charge >= 0.3 is 0 Å². The van der Waals surface area contributed by atoms with Crippen LogP contribution >= 0.6 is 0 Å². The van der Waals surface area contributed by atoms with Gasteiger partial charge in [0.15, 0.2) is 11.5 Å². The Labute approximate surface area is 113 Å². The van der Waals surface area contributed by atoms with Gasteiger partial charge in [-0.3, -0.25) is 0 Å². The van der Waals surface area contributed by atoms with Gasteiger partial charge in [0.1, 0.15) is 13.2 Å². The van der Waals surface area contributed by atoms with Crippen molar-refractivity contribution in [1.82, 2.24) is 0 Å². The van der Waals surface area contributed by atoms with Crippen LogP contribution < -0.4 is 19.7 Å². The topological polar surface area (TPSA) is 33.7 Å². The number of hydrogen-bond donors (Lipinski definition) is 1. The lowest BCUT2D eigenvalue weighted by Gasteiger charge is -2.45. The van der Waals surface area contributed by atoms with Crippen molar-refractivity contribution in [2.24, 2.45) is 0 Å². The van der Waals surface area contributed by atoms with Crippen LogP contribution in [0.15, 0.2) is 12.1 Å². The molecule has 0 radical (unpaired) electrons. The Kier molecular flexibility index (Phi) is 2.50. The molecule has 2 unspecified atom stereocenters.